The summed E-state index contributed by atoms with van der Waals surface area (Å²) in [4.78, 5) is 29.3. The zero-order valence-corrected chi connectivity index (χ0v) is 16.2. The zero-order valence-electron chi connectivity index (χ0n) is 16.2. The summed E-state index contributed by atoms with van der Waals surface area (Å²) in [6.45, 7) is 1.37. The number of aromatic nitrogens is 1. The molecule has 1 aliphatic rings. The molecule has 4 rings (SSSR count). The lowest BCUT2D eigenvalue weighted by atomic mass is 10.1. The molecule has 2 heterocycles. The predicted octanol–water partition coefficient (Wildman–Crippen LogP) is 3.23. The molecule has 0 saturated carbocycles. The number of carboxylic acid groups (broad SMARTS) is 1. The van der Waals surface area contributed by atoms with Crippen molar-refractivity contribution in [2.45, 2.75) is 12.5 Å². The lowest BCUT2D eigenvalue weighted by molar-refractivity contribution is -0.115. The summed E-state index contributed by atoms with van der Waals surface area (Å²) in [5.41, 5.74) is 2.72. The van der Waals surface area contributed by atoms with Gasteiger partial charge >= 0.3 is 5.97 Å². The van der Waals surface area contributed by atoms with Crippen molar-refractivity contribution in [1.29, 1.82) is 0 Å². The highest BCUT2D eigenvalue weighted by Gasteiger charge is 2.29. The summed E-state index contributed by atoms with van der Waals surface area (Å²) in [5.74, 6) is -0.308. The number of nitrogens with one attached hydrogen (secondary N) is 1. The lowest BCUT2D eigenvalue weighted by Crippen LogP contribution is -2.54. The molecule has 0 aliphatic carbocycles. The fourth-order valence-electron chi connectivity index (χ4n) is 3.26. The molecule has 2 N–H and O–H groups in total. The number of rotatable bonds is 7. The zero-order chi connectivity index (χ0) is 20.9. The number of hydrogen-bond donors (Lipinski definition) is 2. The van der Waals surface area contributed by atoms with Crippen molar-refractivity contribution in [2.24, 2.45) is 0 Å². The number of amides is 1. The molecule has 1 saturated heterocycles. The Balaban J connectivity index is 1.26. The Labute approximate surface area is 173 Å². The summed E-state index contributed by atoms with van der Waals surface area (Å²) in [6, 6.07) is 17.8. The van der Waals surface area contributed by atoms with Crippen LogP contribution < -0.4 is 15.0 Å². The summed E-state index contributed by atoms with van der Waals surface area (Å²) >= 11 is 0. The highest BCUT2D eigenvalue weighted by atomic mass is 16.5. The molecule has 7 heteroatoms. The van der Waals surface area contributed by atoms with Crippen LogP contribution >= 0.6 is 0 Å². The highest BCUT2D eigenvalue weighted by molar-refractivity contribution is 5.92. The van der Waals surface area contributed by atoms with Crippen molar-refractivity contribution in [3.8, 4) is 5.75 Å². The van der Waals surface area contributed by atoms with Crippen LogP contribution in [0.25, 0.3) is 0 Å². The van der Waals surface area contributed by atoms with Gasteiger partial charge in [-0.15, -0.1) is 0 Å². The Hall–Kier alpha value is -3.87. The smallest absolute Gasteiger partial charge is 0.335 e. The maximum absolute atomic E-state index is 12.1. The minimum Gasteiger partial charge on any atom is -0.487 e. The number of nitrogens with zero attached hydrogens (tertiary/aromatic N) is 2. The van der Waals surface area contributed by atoms with Crippen molar-refractivity contribution >= 4 is 23.3 Å². The van der Waals surface area contributed by atoms with E-state index in [2.05, 4.69) is 15.2 Å². The van der Waals surface area contributed by atoms with Crippen LogP contribution in [0.1, 0.15) is 15.9 Å². The van der Waals surface area contributed by atoms with Crippen LogP contribution in [-0.4, -0.2) is 41.2 Å². The van der Waals surface area contributed by atoms with E-state index < -0.39 is 5.97 Å². The van der Waals surface area contributed by atoms with Crippen molar-refractivity contribution in [2.75, 3.05) is 23.3 Å². The van der Waals surface area contributed by atoms with E-state index in [0.717, 1.165) is 17.0 Å². The second-order valence-electron chi connectivity index (χ2n) is 7.11. The summed E-state index contributed by atoms with van der Waals surface area (Å²) in [5, 5.41) is 12.0. The Morgan fingerprint density at radius 1 is 1.10 bits per heavy atom. The molecule has 0 bridgehead atoms. The van der Waals surface area contributed by atoms with E-state index in [4.69, 9.17) is 9.84 Å². The molecule has 152 valence electrons. The van der Waals surface area contributed by atoms with Crippen molar-refractivity contribution < 1.29 is 19.4 Å². The number of carboxylic acids is 1. The van der Waals surface area contributed by atoms with Gasteiger partial charge in [-0.3, -0.25) is 9.78 Å². The minimum absolute atomic E-state index is 0.0319. The van der Waals surface area contributed by atoms with Gasteiger partial charge in [0.1, 0.15) is 11.9 Å². The number of benzene rings is 2. The first kappa shape index (κ1) is 19.4. The quantitative estimate of drug-likeness (QED) is 0.629. The molecular weight excluding hydrogens is 382 g/mol. The fourth-order valence-corrected chi connectivity index (χ4v) is 3.26. The summed E-state index contributed by atoms with van der Waals surface area (Å²) < 4.78 is 5.96. The third-order valence-corrected chi connectivity index (χ3v) is 4.83. The third-order valence-electron chi connectivity index (χ3n) is 4.83. The topological polar surface area (TPSA) is 91.8 Å². The van der Waals surface area contributed by atoms with Crippen molar-refractivity contribution in [1.82, 2.24) is 4.98 Å². The first-order chi connectivity index (χ1) is 14.6. The Morgan fingerprint density at radius 2 is 1.90 bits per heavy atom. The predicted molar refractivity (Wildman–Crippen MR) is 113 cm³/mol. The van der Waals surface area contributed by atoms with E-state index in [1.807, 2.05) is 36.4 Å². The molecule has 0 unspecified atom stereocenters. The van der Waals surface area contributed by atoms with Gasteiger partial charge in [-0.05, 0) is 54.1 Å². The van der Waals surface area contributed by atoms with Crippen LogP contribution in [0.3, 0.4) is 0 Å². The van der Waals surface area contributed by atoms with Gasteiger partial charge in [-0.25, -0.2) is 4.79 Å². The van der Waals surface area contributed by atoms with E-state index in [1.165, 1.54) is 0 Å². The van der Waals surface area contributed by atoms with E-state index in [9.17, 15) is 9.59 Å². The van der Waals surface area contributed by atoms with Crippen LogP contribution in [0.4, 0.5) is 11.4 Å². The van der Waals surface area contributed by atoms with Gasteiger partial charge in [0.2, 0.25) is 5.91 Å². The molecule has 3 aromatic rings. The van der Waals surface area contributed by atoms with Crippen LogP contribution in [0, 0.1) is 0 Å². The highest BCUT2D eigenvalue weighted by Crippen LogP contribution is 2.26. The molecule has 1 aromatic heterocycles. The molecular formula is C23H21N3O4. The lowest BCUT2D eigenvalue weighted by Gasteiger charge is -2.40. The molecule has 2 aromatic carbocycles. The van der Waals surface area contributed by atoms with Gasteiger partial charge in [0.25, 0.3) is 0 Å². The van der Waals surface area contributed by atoms with E-state index in [0.29, 0.717) is 18.8 Å². The first-order valence-electron chi connectivity index (χ1n) is 9.60. The number of ether oxygens (including phenoxy) is 1. The molecule has 0 atom stereocenters. The maximum atomic E-state index is 12.1. The molecule has 7 nitrogen and oxygen atoms in total. The van der Waals surface area contributed by atoms with E-state index >= 15 is 0 Å². The van der Waals surface area contributed by atoms with Crippen LogP contribution in [0.15, 0.2) is 73.1 Å². The van der Waals surface area contributed by atoms with Gasteiger partial charge in [-0.1, -0.05) is 12.1 Å². The average molecular weight is 403 g/mol. The van der Waals surface area contributed by atoms with Crippen LogP contribution in [0.5, 0.6) is 5.75 Å². The molecule has 1 aliphatic heterocycles. The van der Waals surface area contributed by atoms with Gasteiger partial charge in [-0.2, -0.15) is 0 Å². The van der Waals surface area contributed by atoms with E-state index in [-0.39, 0.29) is 24.0 Å². The average Bonchev–Trinajstić information content (AvgIpc) is 2.72. The van der Waals surface area contributed by atoms with Crippen molar-refractivity contribution in [3.63, 3.8) is 0 Å². The second kappa shape index (κ2) is 8.65. The fraction of sp³-hybridized carbons (Fsp3) is 0.174. The normalized spacial score (nSPS) is 13.4. The SMILES string of the molecule is O=C(Cc1cccnc1)Nc1ccc(OC2CN(c3cccc(C(=O)O)c3)C2)cc1. The van der Waals surface area contributed by atoms with Gasteiger partial charge in [0.15, 0.2) is 0 Å². The molecule has 0 spiro atoms. The molecule has 1 fully saturated rings. The molecule has 0 radical (unpaired) electrons. The second-order valence-corrected chi connectivity index (χ2v) is 7.11. The monoisotopic (exact) mass is 403 g/mol. The number of carbonyl (C=O) groups is 2. The third kappa shape index (κ3) is 4.75. The van der Waals surface area contributed by atoms with Crippen LogP contribution in [0.2, 0.25) is 0 Å². The largest absolute Gasteiger partial charge is 0.487 e. The van der Waals surface area contributed by atoms with E-state index in [1.54, 1.807) is 36.7 Å². The maximum Gasteiger partial charge on any atom is 0.335 e. The Morgan fingerprint density at radius 3 is 2.60 bits per heavy atom. The van der Waals surface area contributed by atoms with Gasteiger partial charge < -0.3 is 20.1 Å². The molecule has 30 heavy (non-hydrogen) atoms. The Bertz CT molecular complexity index is 1030. The number of aromatic carboxylic acids is 1. The number of anilines is 2. The van der Waals surface area contributed by atoms with Crippen LogP contribution in [-0.2, 0) is 11.2 Å². The summed E-state index contributed by atoms with van der Waals surface area (Å²) in [7, 11) is 0. The number of pyridine rings is 1. The van der Waals surface area contributed by atoms with Gasteiger partial charge in [0, 0.05) is 23.8 Å². The first-order valence-corrected chi connectivity index (χ1v) is 9.60. The number of hydrogen-bond acceptors (Lipinski definition) is 5. The molecule has 1 amide bonds. The number of carbonyl (C=O) groups excluding carboxylic acids is 1. The minimum atomic E-state index is -0.933. The standard InChI is InChI=1S/C23H21N3O4/c27-22(11-16-3-2-10-24-13-16)25-18-6-8-20(9-7-18)30-21-14-26(15-21)19-5-1-4-17(12-19)23(28)29/h1-10,12-13,21H,11,14-15H2,(H,25,27)(H,28,29). The summed E-state index contributed by atoms with van der Waals surface area (Å²) in [6.07, 6.45) is 3.65. The van der Waals surface area contributed by atoms with Gasteiger partial charge in [0.05, 0.1) is 25.1 Å². The Kier molecular flexibility index (Phi) is 5.61. The van der Waals surface area contributed by atoms with Crippen molar-refractivity contribution in [3.05, 3.63) is 84.2 Å².